The zero-order valence-electron chi connectivity index (χ0n) is 34.8. The number of nitrogens with one attached hydrogen (secondary N) is 2. The molecule has 0 bridgehead atoms. The first-order valence-electron chi connectivity index (χ1n) is 21.1. The number of imidazole rings is 1. The number of Topliss-reactive ketones (excluding diaryl/α,β-unsaturated/α-hetero) is 1. The third-order valence-corrected chi connectivity index (χ3v) is 11.7. The van der Waals surface area contributed by atoms with E-state index in [9.17, 15) is 14.4 Å². The first kappa shape index (κ1) is 42.0. The molecule has 5 aromatic carbocycles. The quantitative estimate of drug-likeness (QED) is 0.0923. The molecule has 2 N–H and O–H groups in total. The number of halogens is 1. The second-order valence-corrected chi connectivity index (χ2v) is 16.5. The zero-order valence-corrected chi connectivity index (χ0v) is 36.4. The lowest BCUT2D eigenvalue weighted by atomic mass is 9.97. The second-order valence-electron chi connectivity index (χ2n) is 15.7. The van der Waals surface area contributed by atoms with Crippen molar-refractivity contribution in [3.8, 4) is 17.0 Å². The van der Waals surface area contributed by atoms with E-state index in [4.69, 9.17) is 23.9 Å². The summed E-state index contributed by atoms with van der Waals surface area (Å²) in [4.78, 5) is 49.8. The molecule has 3 aromatic heterocycles. The van der Waals surface area contributed by atoms with Gasteiger partial charge in [-0.05, 0) is 79.0 Å². The number of alkyl carbamates (subject to hydrolysis) is 1. The van der Waals surface area contributed by atoms with E-state index in [-0.39, 0.29) is 37.9 Å². The van der Waals surface area contributed by atoms with Crippen LogP contribution in [0.2, 0.25) is 0 Å². The molecule has 3 heterocycles. The third kappa shape index (κ3) is 9.82. The molecule has 0 radical (unpaired) electrons. The molecule has 2 amide bonds. The Balaban J connectivity index is 0.835. The highest BCUT2D eigenvalue weighted by Crippen LogP contribution is 2.44. The molecule has 0 aliphatic heterocycles. The lowest BCUT2D eigenvalue weighted by molar-refractivity contribution is -0.127. The van der Waals surface area contributed by atoms with Crippen molar-refractivity contribution in [1.82, 2.24) is 25.0 Å². The minimum atomic E-state index is -0.828. The van der Waals surface area contributed by atoms with Gasteiger partial charge in [0.25, 0.3) is 0 Å². The van der Waals surface area contributed by atoms with Crippen LogP contribution in [0.15, 0.2) is 167 Å². The number of rotatable bonds is 17. The molecule has 0 fully saturated rings. The van der Waals surface area contributed by atoms with Crippen LogP contribution in [0.5, 0.6) is 5.88 Å². The summed E-state index contributed by atoms with van der Waals surface area (Å²) in [5, 5.41) is 5.43. The van der Waals surface area contributed by atoms with E-state index in [0.29, 0.717) is 41.1 Å². The van der Waals surface area contributed by atoms with Gasteiger partial charge in [0.05, 0.1) is 24.4 Å². The van der Waals surface area contributed by atoms with E-state index in [1.54, 1.807) is 6.26 Å². The Hall–Kier alpha value is -7.31. The molecular weight excluding hydrogens is 871 g/mol. The largest absolute Gasteiger partial charge is 0.472 e. The third-order valence-electron chi connectivity index (χ3n) is 11.3. The smallest absolute Gasteiger partial charge is 0.407 e. The average Bonchev–Trinajstić information content (AvgIpc) is 4.04. The summed E-state index contributed by atoms with van der Waals surface area (Å²) in [7, 11) is 0. The number of ketones is 1. The van der Waals surface area contributed by atoms with Crippen molar-refractivity contribution < 1.29 is 28.3 Å². The van der Waals surface area contributed by atoms with Gasteiger partial charge in [0, 0.05) is 25.0 Å². The van der Waals surface area contributed by atoms with Crippen LogP contribution >= 0.6 is 15.9 Å². The Bertz CT molecular complexity index is 2860. The van der Waals surface area contributed by atoms with Crippen LogP contribution in [-0.4, -0.2) is 51.3 Å². The Kier molecular flexibility index (Phi) is 12.7. The number of amides is 2. The molecule has 0 saturated heterocycles. The molecule has 8 aromatic rings. The van der Waals surface area contributed by atoms with E-state index in [1.807, 2.05) is 132 Å². The molecule has 9 rings (SSSR count). The molecule has 1 atom stereocenters. The molecule has 320 valence electrons. The first-order valence-corrected chi connectivity index (χ1v) is 21.9. The minimum absolute atomic E-state index is 0.0878. The van der Waals surface area contributed by atoms with Gasteiger partial charge < -0.3 is 24.5 Å². The number of fused-ring (bicyclic) bond motifs is 4. The number of carbonyl (C=O) groups is 3. The Morgan fingerprint density at radius 1 is 0.703 bits per heavy atom. The summed E-state index contributed by atoms with van der Waals surface area (Å²) in [6.45, 7) is 0.0204. The van der Waals surface area contributed by atoms with Gasteiger partial charge in [-0.1, -0.05) is 133 Å². The minimum Gasteiger partial charge on any atom is -0.472 e. The monoisotopic (exact) mass is 913 g/mol. The van der Waals surface area contributed by atoms with Crippen molar-refractivity contribution in [2.45, 2.75) is 44.2 Å². The summed E-state index contributed by atoms with van der Waals surface area (Å²) in [6.07, 6.45) is 4.19. The second kappa shape index (κ2) is 19.4. The van der Waals surface area contributed by atoms with Gasteiger partial charge in [-0.2, -0.15) is 0 Å². The Morgan fingerprint density at radius 2 is 1.36 bits per heavy atom. The predicted molar refractivity (Wildman–Crippen MR) is 246 cm³/mol. The normalized spacial score (nSPS) is 12.3. The Morgan fingerprint density at radius 3 is 2.05 bits per heavy atom. The summed E-state index contributed by atoms with van der Waals surface area (Å²) < 4.78 is 20.4. The molecule has 11 nitrogen and oxygen atoms in total. The molecule has 0 spiro atoms. The molecule has 12 heteroatoms. The number of hydrogen-bond donors (Lipinski definition) is 2. The maximum atomic E-state index is 13.9. The molecule has 64 heavy (non-hydrogen) atoms. The van der Waals surface area contributed by atoms with Gasteiger partial charge in [0.1, 0.15) is 35.8 Å². The zero-order chi connectivity index (χ0) is 43.8. The SMILES string of the molecule is O=C(CNC(=O)OCC1c2ccccc2-c2ccccc21)NC(Cc1ccccc1)C(=O)Cc1ccc(COc2c(Cc3ccco3)nc3c(Cc4ccccc4)nc(Br)cn23)cc1. The highest BCUT2D eigenvalue weighted by atomic mass is 79.9. The molecule has 0 saturated carbocycles. The summed E-state index contributed by atoms with van der Waals surface area (Å²) >= 11 is 3.60. The van der Waals surface area contributed by atoms with E-state index in [0.717, 1.165) is 56.0 Å². The summed E-state index contributed by atoms with van der Waals surface area (Å²) in [5.74, 6) is 0.567. The van der Waals surface area contributed by atoms with Gasteiger partial charge in [-0.15, -0.1) is 0 Å². The highest BCUT2D eigenvalue weighted by Gasteiger charge is 2.29. The van der Waals surface area contributed by atoms with Crippen LogP contribution in [0.1, 0.15) is 56.4 Å². The average molecular weight is 915 g/mol. The number of furan rings is 1. The van der Waals surface area contributed by atoms with Gasteiger partial charge in [0.15, 0.2) is 11.4 Å². The van der Waals surface area contributed by atoms with E-state index in [2.05, 4.69) is 50.8 Å². The highest BCUT2D eigenvalue weighted by molar-refractivity contribution is 9.10. The lowest BCUT2D eigenvalue weighted by Gasteiger charge is -2.19. The maximum absolute atomic E-state index is 13.9. The van der Waals surface area contributed by atoms with Crippen molar-refractivity contribution in [2.24, 2.45) is 0 Å². The fraction of sp³-hybridized carbons (Fsp3) is 0.173. The van der Waals surface area contributed by atoms with Crippen molar-refractivity contribution in [3.05, 3.63) is 213 Å². The number of benzene rings is 5. The molecule has 1 aliphatic carbocycles. The Labute approximate surface area is 378 Å². The van der Waals surface area contributed by atoms with Crippen molar-refractivity contribution in [1.29, 1.82) is 0 Å². The van der Waals surface area contributed by atoms with Crippen molar-refractivity contribution in [2.75, 3.05) is 13.2 Å². The summed E-state index contributed by atoms with van der Waals surface area (Å²) in [6, 6.07) is 46.4. The van der Waals surface area contributed by atoms with Crippen LogP contribution in [0, 0.1) is 0 Å². The van der Waals surface area contributed by atoms with Crippen LogP contribution in [0.4, 0.5) is 4.79 Å². The maximum Gasteiger partial charge on any atom is 0.407 e. The van der Waals surface area contributed by atoms with E-state index < -0.39 is 18.0 Å². The fourth-order valence-corrected chi connectivity index (χ4v) is 8.65. The van der Waals surface area contributed by atoms with E-state index >= 15 is 0 Å². The van der Waals surface area contributed by atoms with E-state index in [1.165, 1.54) is 0 Å². The van der Waals surface area contributed by atoms with Crippen LogP contribution < -0.4 is 15.4 Å². The number of aromatic nitrogens is 3. The molecule has 1 unspecified atom stereocenters. The number of carbonyl (C=O) groups excluding carboxylic acids is 3. The predicted octanol–water partition coefficient (Wildman–Crippen LogP) is 9.22. The van der Waals surface area contributed by atoms with Crippen LogP contribution in [0.25, 0.3) is 16.8 Å². The van der Waals surface area contributed by atoms with Crippen LogP contribution in [-0.2, 0) is 46.6 Å². The molecular formula is C52H44BrN5O6. The number of nitrogens with zero attached hydrogens (tertiary/aromatic N) is 3. The van der Waals surface area contributed by atoms with Crippen molar-refractivity contribution >= 4 is 39.4 Å². The van der Waals surface area contributed by atoms with Gasteiger partial charge in [-0.25, -0.2) is 14.8 Å². The fourth-order valence-electron chi connectivity index (χ4n) is 8.23. The lowest BCUT2D eigenvalue weighted by Crippen LogP contribution is -2.47. The van der Waals surface area contributed by atoms with Gasteiger partial charge >= 0.3 is 6.09 Å². The topological polar surface area (TPSA) is 137 Å². The van der Waals surface area contributed by atoms with Gasteiger partial charge in [-0.3, -0.25) is 14.0 Å². The first-order chi connectivity index (χ1) is 31.3. The molecule has 1 aliphatic rings. The standard InChI is InChI=1S/C52H44BrN5O6/c53-48-31-58-50(45(55-48)27-35-14-5-2-6-15-35)57-46(29-38-16-11-25-62-38)51(58)63-32-37-23-21-36(22-24-37)28-47(59)44(26-34-12-3-1-4-13-34)56-49(60)30-54-52(61)64-33-43-41-19-9-7-17-39(41)40-18-8-10-20-42(40)43/h1-25,31,43-44H,26-30,32-33H2,(H,54,61)(H,56,60). The van der Waals surface area contributed by atoms with Crippen LogP contribution in [0.3, 0.4) is 0 Å². The number of hydrogen-bond acceptors (Lipinski definition) is 8. The summed E-state index contributed by atoms with van der Waals surface area (Å²) in [5.41, 5.74) is 10.3. The number of ether oxygens (including phenoxy) is 2. The van der Waals surface area contributed by atoms with Crippen molar-refractivity contribution in [3.63, 3.8) is 0 Å². The van der Waals surface area contributed by atoms with Gasteiger partial charge in [0.2, 0.25) is 11.8 Å².